The third-order valence-corrected chi connectivity index (χ3v) is 9.57. The SMILES string of the molecule is C=C(C)C(=O)OCCOc1ccc(C(C)(C)c2ccc(OCCOC(=O)C(=C)C)c(Br)c2Br)c(Br)c1Br. The van der Waals surface area contributed by atoms with Crippen molar-refractivity contribution in [3.8, 4) is 11.5 Å². The number of halogens is 4. The van der Waals surface area contributed by atoms with Crippen molar-refractivity contribution >= 4 is 75.7 Å². The van der Waals surface area contributed by atoms with Crippen LogP contribution in [0.3, 0.4) is 0 Å². The Labute approximate surface area is 251 Å². The molecule has 6 nitrogen and oxygen atoms in total. The number of carbonyl (C=O) groups excluding carboxylic acids is 2. The van der Waals surface area contributed by atoms with Crippen LogP contribution in [-0.2, 0) is 24.5 Å². The number of hydrogen-bond acceptors (Lipinski definition) is 6. The average molecular weight is 768 g/mol. The molecule has 2 aromatic carbocycles. The van der Waals surface area contributed by atoms with Crippen molar-refractivity contribution in [3.05, 3.63) is 77.6 Å². The summed E-state index contributed by atoms with van der Waals surface area (Å²) in [6.45, 7) is 15.2. The maximum atomic E-state index is 11.5. The summed E-state index contributed by atoms with van der Waals surface area (Å²) in [5, 5.41) is 0. The molecule has 0 heterocycles. The van der Waals surface area contributed by atoms with Crippen molar-refractivity contribution in [2.45, 2.75) is 33.1 Å². The first-order valence-corrected chi connectivity index (χ1v) is 14.3. The van der Waals surface area contributed by atoms with Gasteiger partial charge in [-0.05, 0) is 101 Å². The molecule has 0 fully saturated rings. The molecule has 0 spiro atoms. The van der Waals surface area contributed by atoms with Gasteiger partial charge < -0.3 is 18.9 Å². The number of carbonyl (C=O) groups is 2. The minimum atomic E-state index is -0.444. The fourth-order valence-corrected chi connectivity index (χ4v) is 5.78. The van der Waals surface area contributed by atoms with Gasteiger partial charge in [0.25, 0.3) is 0 Å². The van der Waals surface area contributed by atoms with Crippen molar-refractivity contribution in [2.75, 3.05) is 26.4 Å². The topological polar surface area (TPSA) is 71.1 Å². The standard InChI is InChI=1S/C27H28Br4O6/c1-15(2)25(32)36-13-11-34-19-9-7-17(21(28)23(19)30)27(5,6)18-8-10-20(24(31)22(18)29)35-12-14-37-26(33)16(3)4/h7-10H,1,3,11-14H2,2,4-6H3. The van der Waals surface area contributed by atoms with Crippen molar-refractivity contribution in [2.24, 2.45) is 0 Å². The molecule has 0 radical (unpaired) electrons. The smallest absolute Gasteiger partial charge is 0.333 e. The molecule has 0 aliphatic rings. The van der Waals surface area contributed by atoms with Crippen molar-refractivity contribution in [3.63, 3.8) is 0 Å². The van der Waals surface area contributed by atoms with Gasteiger partial charge in [0.05, 0.1) is 8.95 Å². The van der Waals surface area contributed by atoms with Gasteiger partial charge in [-0.15, -0.1) is 0 Å². The Bertz CT molecular complexity index is 1110. The van der Waals surface area contributed by atoms with Gasteiger partial charge in [-0.3, -0.25) is 0 Å². The zero-order valence-corrected chi connectivity index (χ0v) is 27.4. The molecule has 2 aromatic rings. The summed E-state index contributed by atoms with van der Waals surface area (Å²) in [7, 11) is 0. The molecular formula is C27H28Br4O6. The summed E-state index contributed by atoms with van der Waals surface area (Å²) in [4.78, 5) is 23.0. The maximum Gasteiger partial charge on any atom is 0.333 e. The monoisotopic (exact) mass is 764 g/mol. The summed E-state index contributed by atoms with van der Waals surface area (Å²) >= 11 is 14.7. The second-order valence-corrected chi connectivity index (χ2v) is 11.8. The first-order chi connectivity index (χ1) is 17.3. The maximum absolute atomic E-state index is 11.5. The van der Waals surface area contributed by atoms with Crippen LogP contribution < -0.4 is 9.47 Å². The molecule has 0 N–H and O–H groups in total. The van der Waals surface area contributed by atoms with Gasteiger partial charge in [0.2, 0.25) is 0 Å². The van der Waals surface area contributed by atoms with Gasteiger partial charge in [-0.25, -0.2) is 9.59 Å². The minimum absolute atomic E-state index is 0.120. The van der Waals surface area contributed by atoms with E-state index in [-0.39, 0.29) is 26.4 Å². The number of rotatable bonds is 12. The number of hydrogen-bond donors (Lipinski definition) is 0. The largest absolute Gasteiger partial charge is 0.489 e. The first-order valence-electron chi connectivity index (χ1n) is 11.2. The highest BCUT2D eigenvalue weighted by molar-refractivity contribution is 9.13. The van der Waals surface area contributed by atoms with Gasteiger partial charge in [0.1, 0.15) is 37.9 Å². The van der Waals surface area contributed by atoms with E-state index in [0.29, 0.717) is 22.6 Å². The fourth-order valence-electron chi connectivity index (χ4n) is 3.22. The Balaban J connectivity index is 2.16. The highest BCUT2D eigenvalue weighted by Gasteiger charge is 2.30. The lowest BCUT2D eigenvalue weighted by Crippen LogP contribution is -2.21. The lowest BCUT2D eigenvalue weighted by molar-refractivity contribution is -0.140. The van der Waals surface area contributed by atoms with E-state index in [1.165, 1.54) is 0 Å². The molecule has 10 heteroatoms. The molecule has 2 rings (SSSR count). The van der Waals surface area contributed by atoms with E-state index >= 15 is 0 Å². The summed E-state index contributed by atoms with van der Waals surface area (Å²) in [6.07, 6.45) is 0. The molecule has 0 aromatic heterocycles. The Kier molecular flexibility index (Phi) is 11.9. The van der Waals surface area contributed by atoms with E-state index in [9.17, 15) is 9.59 Å². The third kappa shape index (κ3) is 8.18. The van der Waals surface area contributed by atoms with Gasteiger partial charge in [-0.1, -0.05) is 39.1 Å². The lowest BCUT2D eigenvalue weighted by atomic mass is 9.78. The van der Waals surface area contributed by atoms with E-state index < -0.39 is 17.4 Å². The molecule has 0 amide bonds. The van der Waals surface area contributed by atoms with Crippen LogP contribution in [0.15, 0.2) is 66.5 Å². The van der Waals surface area contributed by atoms with Gasteiger partial charge >= 0.3 is 11.9 Å². The molecular weight excluding hydrogens is 740 g/mol. The van der Waals surface area contributed by atoms with Gasteiger partial charge in [0.15, 0.2) is 0 Å². The van der Waals surface area contributed by atoms with E-state index in [1.807, 2.05) is 24.3 Å². The number of benzene rings is 2. The first kappa shape index (κ1) is 31.6. The summed E-state index contributed by atoms with van der Waals surface area (Å²) in [5.41, 5.74) is 2.31. The second-order valence-electron chi connectivity index (χ2n) is 8.63. The van der Waals surface area contributed by atoms with E-state index in [1.54, 1.807) is 13.8 Å². The Morgan fingerprint density at radius 3 is 1.35 bits per heavy atom. The zero-order chi connectivity index (χ0) is 27.9. The van der Waals surface area contributed by atoms with Crippen LogP contribution in [0.5, 0.6) is 11.5 Å². The average Bonchev–Trinajstić information content (AvgIpc) is 2.83. The third-order valence-electron chi connectivity index (χ3n) is 5.29. The molecule has 0 unspecified atom stereocenters. The van der Waals surface area contributed by atoms with Crippen LogP contribution in [0.2, 0.25) is 0 Å². The number of esters is 2. The Morgan fingerprint density at radius 1 is 0.676 bits per heavy atom. The highest BCUT2D eigenvalue weighted by Crippen LogP contribution is 2.47. The Hall–Kier alpha value is -1.62. The molecule has 0 saturated heterocycles. The van der Waals surface area contributed by atoms with Gasteiger partial charge in [0, 0.05) is 25.5 Å². The van der Waals surface area contributed by atoms with Crippen LogP contribution in [0.25, 0.3) is 0 Å². The van der Waals surface area contributed by atoms with Crippen LogP contribution in [0, 0.1) is 0 Å². The molecule has 0 aliphatic carbocycles. The van der Waals surface area contributed by atoms with Crippen LogP contribution in [0.1, 0.15) is 38.8 Å². The predicted molar refractivity (Wildman–Crippen MR) is 158 cm³/mol. The normalized spacial score (nSPS) is 11.0. The van der Waals surface area contributed by atoms with E-state index in [0.717, 1.165) is 29.0 Å². The number of ether oxygens (including phenoxy) is 4. The summed E-state index contributed by atoms with van der Waals surface area (Å²) in [5.74, 6) is 0.351. The molecule has 0 atom stereocenters. The lowest BCUT2D eigenvalue weighted by Gasteiger charge is -2.30. The summed E-state index contributed by atoms with van der Waals surface area (Å²) in [6, 6.07) is 7.73. The zero-order valence-electron chi connectivity index (χ0n) is 21.0. The summed E-state index contributed by atoms with van der Waals surface area (Å²) < 4.78 is 25.0. The molecule has 0 aliphatic heterocycles. The van der Waals surface area contributed by atoms with E-state index in [4.69, 9.17) is 18.9 Å². The Morgan fingerprint density at radius 2 is 1.03 bits per heavy atom. The fraction of sp³-hybridized carbons (Fsp3) is 0.333. The molecule has 0 bridgehead atoms. The van der Waals surface area contributed by atoms with Crippen LogP contribution >= 0.6 is 63.7 Å². The molecule has 37 heavy (non-hydrogen) atoms. The van der Waals surface area contributed by atoms with Crippen LogP contribution in [0.4, 0.5) is 0 Å². The highest BCUT2D eigenvalue weighted by atomic mass is 79.9. The van der Waals surface area contributed by atoms with Crippen LogP contribution in [-0.4, -0.2) is 38.4 Å². The van der Waals surface area contributed by atoms with Crippen molar-refractivity contribution < 1.29 is 28.5 Å². The second kappa shape index (κ2) is 14.0. The van der Waals surface area contributed by atoms with Gasteiger partial charge in [-0.2, -0.15) is 0 Å². The van der Waals surface area contributed by atoms with E-state index in [2.05, 4.69) is 90.7 Å². The quantitative estimate of drug-likeness (QED) is 0.124. The van der Waals surface area contributed by atoms with Crippen molar-refractivity contribution in [1.82, 2.24) is 0 Å². The molecule has 0 saturated carbocycles. The predicted octanol–water partition coefficient (Wildman–Crippen LogP) is 8.06. The molecule has 200 valence electrons. The van der Waals surface area contributed by atoms with Crippen molar-refractivity contribution in [1.29, 1.82) is 0 Å². The minimum Gasteiger partial charge on any atom is -0.489 e.